The van der Waals surface area contributed by atoms with Crippen LogP contribution in [-0.2, 0) is 4.74 Å². The minimum Gasteiger partial charge on any atom is -0.379 e. The van der Waals surface area contributed by atoms with Crippen molar-refractivity contribution in [1.82, 2.24) is 9.88 Å². The number of amides is 1. The third-order valence-corrected chi connectivity index (χ3v) is 7.21. The molecule has 32 heavy (non-hydrogen) atoms. The monoisotopic (exact) mass is 452 g/mol. The van der Waals surface area contributed by atoms with E-state index in [9.17, 15) is 4.79 Å². The smallest absolute Gasteiger partial charge is 0.260 e. The Kier molecular flexibility index (Phi) is 7.08. The lowest BCUT2D eigenvalue weighted by atomic mass is 10.1. The molecule has 170 valence electrons. The van der Waals surface area contributed by atoms with Crippen LogP contribution in [0.4, 0.5) is 10.8 Å². The van der Waals surface area contributed by atoms with Crippen LogP contribution >= 0.6 is 11.3 Å². The molecule has 1 fully saturated rings. The molecule has 0 atom stereocenters. The van der Waals surface area contributed by atoms with Crippen LogP contribution in [0.15, 0.2) is 36.4 Å². The number of aryl methyl sites for hydroxylation is 2. The van der Waals surface area contributed by atoms with Gasteiger partial charge in [0.25, 0.3) is 5.91 Å². The summed E-state index contributed by atoms with van der Waals surface area (Å²) in [6.45, 7) is 9.27. The number of aromatic nitrogens is 1. The molecule has 1 aliphatic rings. The zero-order valence-electron chi connectivity index (χ0n) is 19.4. The quantitative estimate of drug-likeness (QED) is 0.533. The number of fused-ring (bicyclic) bond motifs is 1. The Hall–Kier alpha value is -2.48. The molecular formula is C25H32N4O2S. The predicted octanol–water partition coefficient (Wildman–Crippen LogP) is 4.35. The Morgan fingerprint density at radius 2 is 1.75 bits per heavy atom. The van der Waals surface area contributed by atoms with Crippen molar-refractivity contribution in [3.63, 3.8) is 0 Å². The second-order valence-electron chi connectivity index (χ2n) is 8.58. The molecule has 0 radical (unpaired) electrons. The van der Waals surface area contributed by atoms with Gasteiger partial charge in [-0.1, -0.05) is 23.5 Å². The fourth-order valence-corrected chi connectivity index (χ4v) is 5.12. The third kappa shape index (κ3) is 4.95. The number of hydrogen-bond acceptors (Lipinski definition) is 6. The van der Waals surface area contributed by atoms with Gasteiger partial charge in [0.2, 0.25) is 0 Å². The average molecular weight is 453 g/mol. The second kappa shape index (κ2) is 9.98. The SMILES string of the molecule is Cc1ccc(C)c2sc(N(CCCN3CCOCC3)C(=O)c3ccc(N(C)C)cc3)nc12. The molecular weight excluding hydrogens is 420 g/mol. The zero-order chi connectivity index (χ0) is 22.7. The molecule has 3 aromatic rings. The van der Waals surface area contributed by atoms with Crippen LogP contribution in [0.3, 0.4) is 0 Å². The van der Waals surface area contributed by atoms with E-state index in [0.717, 1.165) is 65.9 Å². The molecule has 0 aliphatic carbocycles. The Labute approximate surface area is 194 Å². The predicted molar refractivity (Wildman–Crippen MR) is 133 cm³/mol. The molecule has 0 saturated carbocycles. The van der Waals surface area contributed by atoms with Gasteiger partial charge in [-0.25, -0.2) is 4.98 Å². The Balaban J connectivity index is 1.60. The van der Waals surface area contributed by atoms with Crippen LogP contribution < -0.4 is 9.80 Å². The van der Waals surface area contributed by atoms with E-state index >= 15 is 0 Å². The number of thiazole rings is 1. The van der Waals surface area contributed by atoms with Gasteiger partial charge < -0.3 is 9.64 Å². The van der Waals surface area contributed by atoms with Gasteiger partial charge in [-0.15, -0.1) is 0 Å². The van der Waals surface area contributed by atoms with Gasteiger partial charge in [-0.05, 0) is 55.7 Å². The van der Waals surface area contributed by atoms with Crippen LogP contribution in [0.5, 0.6) is 0 Å². The summed E-state index contributed by atoms with van der Waals surface area (Å²) in [6, 6.07) is 12.0. The molecule has 2 aromatic carbocycles. The third-order valence-electron chi connectivity index (χ3n) is 6.00. The largest absolute Gasteiger partial charge is 0.379 e. The summed E-state index contributed by atoms with van der Waals surface area (Å²) >= 11 is 1.62. The van der Waals surface area contributed by atoms with E-state index in [1.807, 2.05) is 48.2 Å². The van der Waals surface area contributed by atoms with Crippen molar-refractivity contribution < 1.29 is 9.53 Å². The fourth-order valence-electron chi connectivity index (χ4n) is 3.98. The van der Waals surface area contributed by atoms with E-state index in [0.29, 0.717) is 12.1 Å². The van der Waals surface area contributed by atoms with E-state index in [-0.39, 0.29) is 5.91 Å². The van der Waals surface area contributed by atoms with Gasteiger partial charge in [-0.3, -0.25) is 14.6 Å². The fraction of sp³-hybridized carbons (Fsp3) is 0.440. The standard InChI is InChI=1S/C25H32N4O2S/c1-18-6-7-19(2)23-22(18)26-25(32-23)29(13-5-12-28-14-16-31-17-15-28)24(30)20-8-10-21(11-9-20)27(3)4/h6-11H,5,12-17H2,1-4H3. The maximum absolute atomic E-state index is 13.6. The minimum atomic E-state index is 0.00615. The molecule has 7 heteroatoms. The maximum atomic E-state index is 13.6. The van der Waals surface area contributed by atoms with Gasteiger partial charge in [0, 0.05) is 51.5 Å². The molecule has 6 nitrogen and oxygen atoms in total. The number of carbonyl (C=O) groups is 1. The number of benzene rings is 2. The summed E-state index contributed by atoms with van der Waals surface area (Å²) in [4.78, 5) is 24.8. The molecule has 0 unspecified atom stereocenters. The number of rotatable bonds is 7. The second-order valence-corrected chi connectivity index (χ2v) is 9.56. The molecule has 1 saturated heterocycles. The van der Waals surface area contributed by atoms with Crippen molar-refractivity contribution in [2.75, 3.05) is 63.3 Å². The first-order valence-electron chi connectivity index (χ1n) is 11.2. The summed E-state index contributed by atoms with van der Waals surface area (Å²) in [6.07, 6.45) is 0.898. The molecule has 0 bridgehead atoms. The summed E-state index contributed by atoms with van der Waals surface area (Å²) in [5.74, 6) is 0.00615. The van der Waals surface area contributed by atoms with Crippen LogP contribution in [0.25, 0.3) is 10.2 Å². The molecule has 2 heterocycles. The number of ether oxygens (including phenoxy) is 1. The van der Waals surface area contributed by atoms with Crippen LogP contribution in [0.2, 0.25) is 0 Å². The summed E-state index contributed by atoms with van der Waals surface area (Å²) in [7, 11) is 4.00. The summed E-state index contributed by atoms with van der Waals surface area (Å²) < 4.78 is 6.62. The minimum absolute atomic E-state index is 0.00615. The number of anilines is 2. The first-order chi connectivity index (χ1) is 15.4. The van der Waals surface area contributed by atoms with Crippen LogP contribution in [0, 0.1) is 13.8 Å². The molecule has 4 rings (SSSR count). The number of hydrogen-bond donors (Lipinski definition) is 0. The average Bonchev–Trinajstić information content (AvgIpc) is 3.26. The highest BCUT2D eigenvalue weighted by molar-refractivity contribution is 7.22. The lowest BCUT2D eigenvalue weighted by Gasteiger charge is -2.27. The topological polar surface area (TPSA) is 48.9 Å². The maximum Gasteiger partial charge on any atom is 0.260 e. The van der Waals surface area contributed by atoms with Crippen molar-refractivity contribution in [1.29, 1.82) is 0 Å². The lowest BCUT2D eigenvalue weighted by Crippen LogP contribution is -2.39. The molecule has 0 N–H and O–H groups in total. The lowest BCUT2D eigenvalue weighted by molar-refractivity contribution is 0.0376. The summed E-state index contributed by atoms with van der Waals surface area (Å²) in [5, 5.41) is 0.779. The first kappa shape index (κ1) is 22.7. The van der Waals surface area contributed by atoms with Crippen molar-refractivity contribution in [3.05, 3.63) is 53.1 Å². The Bertz CT molecular complexity index is 1030. The van der Waals surface area contributed by atoms with Crippen molar-refractivity contribution in [2.45, 2.75) is 20.3 Å². The van der Waals surface area contributed by atoms with E-state index in [2.05, 4.69) is 30.9 Å². The summed E-state index contributed by atoms with van der Waals surface area (Å²) in [5.41, 5.74) is 5.11. The molecule has 1 aliphatic heterocycles. The Morgan fingerprint density at radius 1 is 1.06 bits per heavy atom. The molecule has 0 spiro atoms. The van der Waals surface area contributed by atoms with Gasteiger partial charge >= 0.3 is 0 Å². The zero-order valence-corrected chi connectivity index (χ0v) is 20.2. The normalized spacial score (nSPS) is 14.6. The van der Waals surface area contributed by atoms with Gasteiger partial charge in [-0.2, -0.15) is 0 Å². The van der Waals surface area contributed by atoms with E-state index in [1.165, 1.54) is 5.56 Å². The molecule has 1 aromatic heterocycles. The van der Waals surface area contributed by atoms with Crippen molar-refractivity contribution in [3.8, 4) is 0 Å². The van der Waals surface area contributed by atoms with Crippen LogP contribution in [0.1, 0.15) is 27.9 Å². The number of morpholine rings is 1. The van der Waals surface area contributed by atoms with Crippen molar-refractivity contribution in [2.24, 2.45) is 0 Å². The van der Waals surface area contributed by atoms with Crippen molar-refractivity contribution >= 4 is 38.3 Å². The van der Waals surface area contributed by atoms with Gasteiger partial charge in [0.15, 0.2) is 5.13 Å². The van der Waals surface area contributed by atoms with Gasteiger partial charge in [0.05, 0.1) is 23.4 Å². The highest BCUT2D eigenvalue weighted by Gasteiger charge is 2.23. The number of nitrogens with zero attached hydrogens (tertiary/aromatic N) is 4. The number of carbonyl (C=O) groups excluding carboxylic acids is 1. The Morgan fingerprint density at radius 3 is 2.41 bits per heavy atom. The highest BCUT2D eigenvalue weighted by Crippen LogP contribution is 2.34. The van der Waals surface area contributed by atoms with E-state index in [1.54, 1.807) is 11.3 Å². The first-order valence-corrected chi connectivity index (χ1v) is 12.0. The molecule has 1 amide bonds. The van der Waals surface area contributed by atoms with E-state index in [4.69, 9.17) is 9.72 Å². The highest BCUT2D eigenvalue weighted by atomic mass is 32.1. The van der Waals surface area contributed by atoms with Crippen LogP contribution in [-0.4, -0.2) is 69.3 Å². The van der Waals surface area contributed by atoms with E-state index < -0.39 is 0 Å². The van der Waals surface area contributed by atoms with Gasteiger partial charge in [0.1, 0.15) is 0 Å².